The summed E-state index contributed by atoms with van der Waals surface area (Å²) in [5.41, 5.74) is 2.15. The molecule has 1 aromatic carbocycles. The Morgan fingerprint density at radius 2 is 1.76 bits per heavy atom. The van der Waals surface area contributed by atoms with Crippen LogP contribution in [0, 0.1) is 0 Å². The lowest BCUT2D eigenvalue weighted by atomic mass is 10.1. The van der Waals surface area contributed by atoms with Crippen LogP contribution in [0.15, 0.2) is 41.6 Å². The molecule has 0 aliphatic rings. The number of allylic oxidation sites excluding steroid dienone is 1. The summed E-state index contributed by atoms with van der Waals surface area (Å²) in [6.45, 7) is 5.76. The highest BCUT2D eigenvalue weighted by Gasteiger charge is 2.18. The van der Waals surface area contributed by atoms with Crippen molar-refractivity contribution < 1.29 is 14.3 Å². The smallest absolute Gasteiger partial charge is 0.335 e. The van der Waals surface area contributed by atoms with Gasteiger partial charge < -0.3 is 9.64 Å². The molecule has 0 heterocycles. The maximum Gasteiger partial charge on any atom is 0.335 e. The minimum Gasteiger partial charge on any atom is -0.463 e. The Bertz CT molecular complexity index is 520. The number of amides is 1. The molecule has 0 N–H and O–H groups in total. The summed E-state index contributed by atoms with van der Waals surface area (Å²) in [4.78, 5) is 25.7. The van der Waals surface area contributed by atoms with Gasteiger partial charge in [0.15, 0.2) is 0 Å². The Balaban J connectivity index is 2.86. The van der Waals surface area contributed by atoms with Crippen LogP contribution in [0.5, 0.6) is 0 Å². The molecule has 0 saturated carbocycles. The van der Waals surface area contributed by atoms with Crippen molar-refractivity contribution in [2.24, 2.45) is 0 Å². The molecule has 21 heavy (non-hydrogen) atoms. The van der Waals surface area contributed by atoms with E-state index in [9.17, 15) is 9.59 Å². The normalized spacial score (nSPS) is 11.6. The molecule has 0 unspecified atom stereocenters. The van der Waals surface area contributed by atoms with E-state index in [1.807, 2.05) is 37.3 Å². The first-order chi connectivity index (χ1) is 10.0. The zero-order valence-electron chi connectivity index (χ0n) is 13.2. The number of esters is 1. The maximum atomic E-state index is 12.3. The first kappa shape index (κ1) is 17.0. The van der Waals surface area contributed by atoms with E-state index in [0.717, 1.165) is 5.56 Å². The molecular weight excluding hydrogens is 266 g/mol. The molecule has 1 aromatic rings. The largest absolute Gasteiger partial charge is 0.463 e. The van der Waals surface area contributed by atoms with Crippen LogP contribution in [-0.2, 0) is 20.7 Å². The van der Waals surface area contributed by atoms with Crippen LogP contribution in [-0.4, -0.2) is 30.4 Å². The summed E-state index contributed by atoms with van der Waals surface area (Å²) in [6.07, 6.45) is 0.849. The van der Waals surface area contributed by atoms with Crippen molar-refractivity contribution in [1.29, 1.82) is 0 Å². The van der Waals surface area contributed by atoms with Gasteiger partial charge in [0.1, 0.15) is 0 Å². The molecule has 1 amide bonds. The molecule has 0 aliphatic heterocycles. The van der Waals surface area contributed by atoms with Gasteiger partial charge in [0.25, 0.3) is 0 Å². The first-order valence-electron chi connectivity index (χ1n) is 7.18. The fourth-order valence-electron chi connectivity index (χ4n) is 2.04. The predicted molar refractivity (Wildman–Crippen MR) is 82.5 cm³/mol. The van der Waals surface area contributed by atoms with Crippen LogP contribution in [0.4, 0.5) is 0 Å². The molecule has 0 saturated heterocycles. The van der Waals surface area contributed by atoms with Gasteiger partial charge in [-0.15, -0.1) is 0 Å². The van der Waals surface area contributed by atoms with Crippen LogP contribution in [0.2, 0.25) is 0 Å². The second kappa shape index (κ2) is 8.25. The molecule has 0 radical (unpaired) electrons. The quantitative estimate of drug-likeness (QED) is 0.597. The lowest BCUT2D eigenvalue weighted by Gasteiger charge is -2.21. The number of carbonyl (C=O) groups excluding carboxylic acids is 2. The molecule has 0 atom stereocenters. The Kier molecular flexibility index (Phi) is 6.66. The van der Waals surface area contributed by atoms with Crippen molar-refractivity contribution in [3.63, 3.8) is 0 Å². The molecule has 0 aromatic heterocycles. The van der Waals surface area contributed by atoms with Crippen molar-refractivity contribution in [3.8, 4) is 0 Å². The monoisotopic (exact) mass is 289 g/mol. The average Bonchev–Trinajstić information content (AvgIpc) is 2.48. The van der Waals surface area contributed by atoms with Crippen LogP contribution in [0.1, 0.15) is 32.8 Å². The molecule has 0 spiro atoms. The molecular formula is C17H23NO3. The van der Waals surface area contributed by atoms with Crippen molar-refractivity contribution in [2.75, 3.05) is 13.7 Å². The SMILES string of the molecule is CCOC(=O)/C(CC)=C(/C)N(C)C(=O)Cc1ccccc1. The van der Waals surface area contributed by atoms with E-state index in [1.54, 1.807) is 20.9 Å². The summed E-state index contributed by atoms with van der Waals surface area (Å²) in [5.74, 6) is -0.397. The Morgan fingerprint density at radius 1 is 1.14 bits per heavy atom. The van der Waals surface area contributed by atoms with Gasteiger partial charge in [-0.25, -0.2) is 4.79 Å². The minimum atomic E-state index is -0.350. The van der Waals surface area contributed by atoms with E-state index < -0.39 is 0 Å². The van der Waals surface area contributed by atoms with Crippen molar-refractivity contribution in [2.45, 2.75) is 33.6 Å². The Labute approximate surface area is 126 Å². The standard InChI is InChI=1S/C17H23NO3/c1-5-15(17(20)21-6-2)13(3)18(4)16(19)12-14-10-8-7-9-11-14/h7-11H,5-6,12H2,1-4H3/b15-13-. The van der Waals surface area contributed by atoms with Crippen LogP contribution < -0.4 is 0 Å². The predicted octanol–water partition coefficient (Wildman–Crippen LogP) is 2.93. The van der Waals surface area contributed by atoms with Gasteiger partial charge in [0, 0.05) is 12.7 Å². The number of hydrogen-bond acceptors (Lipinski definition) is 3. The summed E-state index contributed by atoms with van der Waals surface area (Å²) in [5, 5.41) is 0. The Hall–Kier alpha value is -2.10. The van der Waals surface area contributed by atoms with Crippen LogP contribution in [0.3, 0.4) is 0 Å². The third-order valence-electron chi connectivity index (χ3n) is 3.39. The number of benzene rings is 1. The topological polar surface area (TPSA) is 46.6 Å². The number of rotatable bonds is 6. The third-order valence-corrected chi connectivity index (χ3v) is 3.39. The number of nitrogens with zero attached hydrogens (tertiary/aromatic N) is 1. The lowest BCUT2D eigenvalue weighted by Crippen LogP contribution is -2.29. The second-order valence-electron chi connectivity index (χ2n) is 4.75. The first-order valence-corrected chi connectivity index (χ1v) is 7.18. The van der Waals surface area contributed by atoms with Gasteiger partial charge in [-0.05, 0) is 25.8 Å². The fourth-order valence-corrected chi connectivity index (χ4v) is 2.04. The van der Waals surface area contributed by atoms with E-state index in [-0.39, 0.29) is 11.9 Å². The van der Waals surface area contributed by atoms with E-state index >= 15 is 0 Å². The number of hydrogen-bond donors (Lipinski definition) is 0. The van der Waals surface area contributed by atoms with Crippen molar-refractivity contribution in [1.82, 2.24) is 4.90 Å². The number of carbonyl (C=O) groups is 2. The summed E-state index contributed by atoms with van der Waals surface area (Å²) in [6, 6.07) is 9.55. The van der Waals surface area contributed by atoms with Crippen molar-refractivity contribution >= 4 is 11.9 Å². The second-order valence-corrected chi connectivity index (χ2v) is 4.75. The van der Waals surface area contributed by atoms with Gasteiger partial charge in [-0.1, -0.05) is 37.3 Å². The highest BCUT2D eigenvalue weighted by molar-refractivity contribution is 5.90. The Morgan fingerprint density at radius 3 is 2.29 bits per heavy atom. The van der Waals surface area contributed by atoms with Crippen LogP contribution >= 0.6 is 0 Å². The molecule has 1 rings (SSSR count). The average molecular weight is 289 g/mol. The molecule has 0 aliphatic carbocycles. The van der Waals surface area contributed by atoms with E-state index in [2.05, 4.69) is 0 Å². The highest BCUT2D eigenvalue weighted by atomic mass is 16.5. The van der Waals surface area contributed by atoms with Crippen LogP contribution in [0.25, 0.3) is 0 Å². The molecule has 4 nitrogen and oxygen atoms in total. The molecule has 0 fully saturated rings. The van der Waals surface area contributed by atoms with Gasteiger partial charge in [0.2, 0.25) is 5.91 Å². The minimum absolute atomic E-state index is 0.0473. The summed E-state index contributed by atoms with van der Waals surface area (Å²) >= 11 is 0. The fraction of sp³-hybridized carbons (Fsp3) is 0.412. The number of likely N-dealkylation sites (N-methyl/N-ethyl adjacent to an activating group) is 1. The van der Waals surface area contributed by atoms with E-state index in [4.69, 9.17) is 4.74 Å². The van der Waals surface area contributed by atoms with E-state index in [0.29, 0.717) is 30.7 Å². The van der Waals surface area contributed by atoms with Gasteiger partial charge in [0.05, 0.1) is 18.6 Å². The zero-order chi connectivity index (χ0) is 15.8. The molecule has 114 valence electrons. The maximum absolute atomic E-state index is 12.3. The van der Waals surface area contributed by atoms with Gasteiger partial charge >= 0.3 is 5.97 Å². The summed E-state index contributed by atoms with van der Waals surface area (Å²) < 4.78 is 5.03. The molecule has 4 heteroatoms. The van der Waals surface area contributed by atoms with Gasteiger partial charge in [-0.3, -0.25) is 4.79 Å². The summed E-state index contributed by atoms with van der Waals surface area (Å²) in [7, 11) is 1.69. The van der Waals surface area contributed by atoms with Gasteiger partial charge in [-0.2, -0.15) is 0 Å². The molecule has 0 bridgehead atoms. The van der Waals surface area contributed by atoms with Crippen molar-refractivity contribution in [3.05, 3.63) is 47.2 Å². The lowest BCUT2D eigenvalue weighted by molar-refractivity contribution is -0.138. The van der Waals surface area contributed by atoms with E-state index in [1.165, 1.54) is 4.90 Å². The number of ether oxygens (including phenoxy) is 1. The third kappa shape index (κ3) is 4.74. The zero-order valence-corrected chi connectivity index (χ0v) is 13.2. The highest BCUT2D eigenvalue weighted by Crippen LogP contribution is 2.15.